The number of fused-ring (bicyclic) bond motifs is 2. The molecule has 32 heavy (non-hydrogen) atoms. The molecule has 3 aromatic carbocycles. The molecule has 0 amide bonds. The molecule has 0 fully saturated rings. The summed E-state index contributed by atoms with van der Waals surface area (Å²) in [6, 6.07) is 22.5. The molecule has 156 valence electrons. The molecular weight excluding hydrogens is 484 g/mol. The van der Waals surface area contributed by atoms with Gasteiger partial charge < -0.3 is 20.3 Å². The highest BCUT2D eigenvalue weighted by molar-refractivity contribution is 9.10. The van der Waals surface area contributed by atoms with E-state index in [1.54, 1.807) is 6.33 Å². The predicted octanol–water partition coefficient (Wildman–Crippen LogP) is 7.07. The quantitative estimate of drug-likeness (QED) is 0.195. The van der Waals surface area contributed by atoms with Crippen LogP contribution in [0.4, 0.5) is 11.5 Å². The van der Waals surface area contributed by atoms with Gasteiger partial charge in [-0.3, -0.25) is 4.57 Å². The maximum Gasteiger partial charge on any atom is 0.183 e. The fourth-order valence-electron chi connectivity index (χ4n) is 4.01. The Labute approximate surface area is 196 Å². The number of nitrogens with zero attached hydrogens (tertiary/aromatic N) is 2. The summed E-state index contributed by atoms with van der Waals surface area (Å²) in [4.78, 5) is 14.2. The zero-order valence-electron chi connectivity index (χ0n) is 16.7. The van der Waals surface area contributed by atoms with E-state index in [2.05, 4.69) is 76.1 Å². The van der Waals surface area contributed by atoms with E-state index in [0.29, 0.717) is 4.77 Å². The van der Waals surface area contributed by atoms with E-state index in [4.69, 9.17) is 12.2 Å². The molecule has 0 aliphatic rings. The molecule has 6 rings (SSSR count). The van der Waals surface area contributed by atoms with Crippen LogP contribution in [0.5, 0.6) is 0 Å². The second kappa shape index (κ2) is 7.51. The standard InChI is InChI=1S/C24H17BrN6S/c25-17-3-1-2-4-19(17)29-23-22(15-5-7-18-14(11-15)9-10-26-18)31(24(32)30-23)16-6-8-20-21(12-16)28-13-27-20/h1-13,26,29H,(H,27,28)(H,30,32). The summed E-state index contributed by atoms with van der Waals surface area (Å²) < 4.78 is 3.63. The number of nitrogens with one attached hydrogen (secondary N) is 4. The summed E-state index contributed by atoms with van der Waals surface area (Å²) in [6.07, 6.45) is 3.65. The predicted molar refractivity (Wildman–Crippen MR) is 135 cm³/mol. The highest BCUT2D eigenvalue weighted by atomic mass is 79.9. The van der Waals surface area contributed by atoms with Crippen LogP contribution in [0.3, 0.4) is 0 Å². The van der Waals surface area contributed by atoms with E-state index in [-0.39, 0.29) is 0 Å². The Morgan fingerprint density at radius 3 is 2.75 bits per heavy atom. The van der Waals surface area contributed by atoms with Crippen molar-refractivity contribution in [3.05, 3.63) is 88.5 Å². The summed E-state index contributed by atoms with van der Waals surface area (Å²) in [5.41, 5.74) is 6.86. The zero-order valence-corrected chi connectivity index (χ0v) is 19.1. The lowest BCUT2D eigenvalue weighted by Gasteiger charge is -2.13. The molecule has 0 aliphatic heterocycles. The molecule has 4 N–H and O–H groups in total. The number of imidazole rings is 2. The van der Waals surface area contributed by atoms with Crippen LogP contribution in [0, 0.1) is 4.77 Å². The molecule has 0 aliphatic carbocycles. The third-order valence-electron chi connectivity index (χ3n) is 5.52. The molecule has 3 aromatic heterocycles. The molecule has 6 nitrogen and oxygen atoms in total. The van der Waals surface area contributed by atoms with Crippen LogP contribution >= 0.6 is 28.1 Å². The second-order valence-corrected chi connectivity index (χ2v) is 8.72. The number of halogens is 1. The van der Waals surface area contributed by atoms with Gasteiger partial charge in [0.05, 0.1) is 34.4 Å². The van der Waals surface area contributed by atoms with Crippen molar-refractivity contribution in [2.24, 2.45) is 0 Å². The Morgan fingerprint density at radius 1 is 0.938 bits per heavy atom. The molecule has 0 saturated carbocycles. The molecule has 0 spiro atoms. The van der Waals surface area contributed by atoms with Gasteiger partial charge in [-0.2, -0.15) is 0 Å². The van der Waals surface area contributed by atoms with Crippen LogP contribution in [0.2, 0.25) is 0 Å². The molecule has 6 aromatic rings. The minimum Gasteiger partial charge on any atom is -0.361 e. The van der Waals surface area contributed by atoms with Crippen molar-refractivity contribution in [2.45, 2.75) is 0 Å². The Hall–Kier alpha value is -3.62. The number of anilines is 2. The third-order valence-corrected chi connectivity index (χ3v) is 6.49. The van der Waals surface area contributed by atoms with E-state index < -0.39 is 0 Å². The summed E-state index contributed by atoms with van der Waals surface area (Å²) in [6.45, 7) is 0. The van der Waals surface area contributed by atoms with E-state index in [1.807, 2.05) is 42.6 Å². The van der Waals surface area contributed by atoms with Gasteiger partial charge >= 0.3 is 0 Å². The van der Waals surface area contributed by atoms with Crippen LogP contribution in [-0.2, 0) is 0 Å². The van der Waals surface area contributed by atoms with Crippen LogP contribution in [0.25, 0.3) is 38.9 Å². The Balaban J connectivity index is 1.60. The van der Waals surface area contributed by atoms with E-state index in [9.17, 15) is 0 Å². The zero-order chi connectivity index (χ0) is 21.7. The van der Waals surface area contributed by atoms with Gasteiger partial charge in [0.15, 0.2) is 4.77 Å². The fraction of sp³-hybridized carbons (Fsp3) is 0. The fourth-order valence-corrected chi connectivity index (χ4v) is 4.69. The minimum atomic E-state index is 0.600. The summed E-state index contributed by atoms with van der Waals surface area (Å²) in [7, 11) is 0. The smallest absolute Gasteiger partial charge is 0.183 e. The van der Waals surface area contributed by atoms with Gasteiger partial charge in [-0.1, -0.05) is 18.2 Å². The second-order valence-electron chi connectivity index (χ2n) is 7.48. The van der Waals surface area contributed by atoms with Gasteiger partial charge in [0, 0.05) is 27.1 Å². The van der Waals surface area contributed by atoms with Gasteiger partial charge in [-0.15, -0.1) is 0 Å². The number of para-hydroxylation sites is 1. The Morgan fingerprint density at radius 2 is 1.84 bits per heavy atom. The molecule has 0 atom stereocenters. The molecule has 3 heterocycles. The summed E-state index contributed by atoms with van der Waals surface area (Å²) >= 11 is 9.43. The van der Waals surface area contributed by atoms with Crippen molar-refractivity contribution in [1.29, 1.82) is 0 Å². The van der Waals surface area contributed by atoms with Crippen molar-refractivity contribution in [1.82, 2.24) is 24.5 Å². The highest BCUT2D eigenvalue weighted by Crippen LogP contribution is 2.36. The van der Waals surface area contributed by atoms with E-state index >= 15 is 0 Å². The van der Waals surface area contributed by atoms with Crippen molar-refractivity contribution in [3.63, 3.8) is 0 Å². The number of H-pyrrole nitrogens is 3. The molecule has 0 unspecified atom stereocenters. The Bertz CT molecular complexity index is 1650. The maximum atomic E-state index is 5.80. The van der Waals surface area contributed by atoms with Crippen molar-refractivity contribution >= 4 is 61.6 Å². The average molecular weight is 501 g/mol. The van der Waals surface area contributed by atoms with Gasteiger partial charge in [-0.05, 0) is 76.7 Å². The monoisotopic (exact) mass is 500 g/mol. The average Bonchev–Trinajstić information content (AvgIpc) is 3.52. The van der Waals surface area contributed by atoms with Crippen molar-refractivity contribution in [3.8, 4) is 16.9 Å². The first-order valence-electron chi connectivity index (χ1n) is 10.0. The van der Waals surface area contributed by atoms with Crippen molar-refractivity contribution < 1.29 is 0 Å². The van der Waals surface area contributed by atoms with Crippen LogP contribution < -0.4 is 5.32 Å². The Kier molecular flexibility index (Phi) is 4.48. The lowest BCUT2D eigenvalue weighted by atomic mass is 10.1. The SMILES string of the molecule is S=c1[nH]c(Nc2ccccc2Br)c(-c2ccc3[nH]ccc3c2)n1-c1ccc2nc[nH]c2c1. The number of hydrogen-bond donors (Lipinski definition) is 4. The number of benzene rings is 3. The van der Waals surface area contributed by atoms with E-state index in [1.165, 1.54) is 0 Å². The number of rotatable bonds is 4. The lowest BCUT2D eigenvalue weighted by molar-refractivity contribution is 1.04. The first kappa shape index (κ1) is 19.1. The number of aromatic amines is 3. The lowest BCUT2D eigenvalue weighted by Crippen LogP contribution is -1.99. The first-order valence-corrected chi connectivity index (χ1v) is 11.2. The van der Waals surface area contributed by atoms with Gasteiger partial charge in [0.25, 0.3) is 0 Å². The van der Waals surface area contributed by atoms with Gasteiger partial charge in [-0.25, -0.2) is 4.98 Å². The normalized spacial score (nSPS) is 11.4. The van der Waals surface area contributed by atoms with Crippen LogP contribution in [0.1, 0.15) is 0 Å². The van der Waals surface area contributed by atoms with Gasteiger partial charge in [0.1, 0.15) is 5.82 Å². The molecule has 0 bridgehead atoms. The van der Waals surface area contributed by atoms with Crippen LogP contribution in [0.15, 0.2) is 83.7 Å². The molecular formula is C24H17BrN6S. The van der Waals surface area contributed by atoms with Gasteiger partial charge in [0.2, 0.25) is 0 Å². The van der Waals surface area contributed by atoms with E-state index in [0.717, 1.165) is 54.9 Å². The number of aromatic nitrogens is 5. The van der Waals surface area contributed by atoms with Crippen molar-refractivity contribution in [2.75, 3.05) is 5.32 Å². The number of hydrogen-bond acceptors (Lipinski definition) is 3. The minimum absolute atomic E-state index is 0.600. The summed E-state index contributed by atoms with van der Waals surface area (Å²) in [5.74, 6) is 0.821. The largest absolute Gasteiger partial charge is 0.361 e. The maximum absolute atomic E-state index is 5.80. The molecule has 0 radical (unpaired) electrons. The summed E-state index contributed by atoms with van der Waals surface area (Å²) in [5, 5.41) is 4.66. The third kappa shape index (κ3) is 3.16. The topological polar surface area (TPSA) is 77.2 Å². The highest BCUT2D eigenvalue weighted by Gasteiger charge is 2.18. The first-order chi connectivity index (χ1) is 15.7. The molecule has 0 saturated heterocycles. The molecule has 8 heteroatoms. The van der Waals surface area contributed by atoms with Crippen LogP contribution in [-0.4, -0.2) is 24.5 Å².